The molecule has 1 atom stereocenters. The van der Waals surface area contributed by atoms with Crippen LogP contribution in [0.25, 0.3) is 0 Å². The maximum atomic E-state index is 10.8. The zero-order chi connectivity index (χ0) is 10.9. The molecule has 0 aromatic carbocycles. The molecule has 14 heavy (non-hydrogen) atoms. The minimum atomic E-state index is -1.59. The molecule has 0 aromatic rings. The topological polar surface area (TPSA) is 108 Å². The number of aliphatic hydroxyl groups excluding tert-OH is 1. The summed E-state index contributed by atoms with van der Waals surface area (Å²) in [7, 11) is 0. The van der Waals surface area contributed by atoms with E-state index in [1.165, 1.54) is 0 Å². The molecule has 78 valence electrons. The minimum absolute atomic E-state index is 0.263. The number of nitrogens with zero attached hydrogens (tertiary/aromatic N) is 1. The molecule has 0 radical (unpaired) electrons. The molecule has 1 heterocycles. The third-order valence-electron chi connectivity index (χ3n) is 1.98. The Morgan fingerprint density at radius 3 is 2.71 bits per heavy atom. The van der Waals surface area contributed by atoms with E-state index in [1.54, 1.807) is 13.8 Å². The van der Waals surface area contributed by atoms with Crippen molar-refractivity contribution in [2.75, 3.05) is 0 Å². The number of aliphatic imine (C=N–C) groups is 1. The Morgan fingerprint density at radius 2 is 2.29 bits per heavy atom. The van der Waals surface area contributed by atoms with E-state index >= 15 is 0 Å². The second-order valence-corrected chi connectivity index (χ2v) is 3.38. The van der Waals surface area contributed by atoms with Crippen molar-refractivity contribution in [3.8, 4) is 0 Å². The lowest BCUT2D eigenvalue weighted by atomic mass is 10.1. The number of nitrogens with one attached hydrogen (secondary N) is 1. The van der Waals surface area contributed by atoms with Gasteiger partial charge in [-0.2, -0.15) is 0 Å². The molecule has 0 spiro atoms. The fraction of sp³-hybridized carbons (Fsp3) is 0.500. The highest BCUT2D eigenvalue weighted by Crippen LogP contribution is 2.19. The fourth-order valence-corrected chi connectivity index (χ4v) is 0.980. The monoisotopic (exact) mass is 199 g/mol. The van der Waals surface area contributed by atoms with E-state index < -0.39 is 11.8 Å². The number of rotatable bonds is 2. The minimum Gasteiger partial charge on any atom is -0.504 e. The Kier molecular flexibility index (Phi) is 2.48. The highest BCUT2D eigenvalue weighted by molar-refractivity contribution is 6.44. The molecular weight excluding hydrogens is 186 g/mol. The van der Waals surface area contributed by atoms with E-state index in [0.717, 1.165) is 6.20 Å². The van der Waals surface area contributed by atoms with Crippen LogP contribution in [0.2, 0.25) is 0 Å². The van der Waals surface area contributed by atoms with Crippen molar-refractivity contribution in [2.45, 2.75) is 19.7 Å². The van der Waals surface area contributed by atoms with Crippen molar-refractivity contribution < 1.29 is 15.0 Å². The van der Waals surface area contributed by atoms with Gasteiger partial charge in [-0.3, -0.25) is 4.79 Å². The zero-order valence-electron chi connectivity index (χ0n) is 7.98. The van der Waals surface area contributed by atoms with Crippen LogP contribution in [0.1, 0.15) is 13.8 Å². The van der Waals surface area contributed by atoms with Crippen LogP contribution in [-0.4, -0.2) is 27.7 Å². The second-order valence-electron chi connectivity index (χ2n) is 3.38. The van der Waals surface area contributed by atoms with Crippen LogP contribution >= 0.6 is 0 Å². The Balaban J connectivity index is 3.07. The molecule has 0 saturated heterocycles. The standard InChI is InChI=1S/C8H13N3O3/c1-4(2)8(14)10-3-5(12)6(11-8)7(9)13/h3-4,10,12,14H,1-2H3,(H2,9,13). The molecule has 0 aliphatic carbocycles. The number of aliphatic hydroxyl groups is 2. The van der Waals surface area contributed by atoms with Gasteiger partial charge in [-0.25, -0.2) is 4.99 Å². The van der Waals surface area contributed by atoms with Crippen LogP contribution in [0.4, 0.5) is 0 Å². The molecule has 0 aromatic heterocycles. The number of amides is 1. The molecular formula is C8H13N3O3. The summed E-state index contributed by atoms with van der Waals surface area (Å²) in [5.41, 5.74) is 4.65. The van der Waals surface area contributed by atoms with E-state index in [0.29, 0.717) is 0 Å². The van der Waals surface area contributed by atoms with Gasteiger partial charge < -0.3 is 21.3 Å². The molecule has 1 aliphatic heterocycles. The molecule has 6 nitrogen and oxygen atoms in total. The van der Waals surface area contributed by atoms with Gasteiger partial charge in [0.15, 0.2) is 11.5 Å². The van der Waals surface area contributed by atoms with Crippen molar-refractivity contribution in [1.29, 1.82) is 0 Å². The zero-order valence-corrected chi connectivity index (χ0v) is 7.98. The van der Waals surface area contributed by atoms with E-state index in [9.17, 15) is 15.0 Å². The summed E-state index contributed by atoms with van der Waals surface area (Å²) in [4.78, 5) is 14.5. The molecule has 1 amide bonds. The predicted molar refractivity (Wildman–Crippen MR) is 50.3 cm³/mol. The van der Waals surface area contributed by atoms with Crippen LogP contribution in [-0.2, 0) is 4.79 Å². The molecule has 6 heteroatoms. The number of hydrogen-bond donors (Lipinski definition) is 4. The molecule has 0 fully saturated rings. The molecule has 0 saturated carbocycles. The average Bonchev–Trinajstić information content (AvgIpc) is 2.09. The van der Waals surface area contributed by atoms with Gasteiger partial charge in [-0.15, -0.1) is 0 Å². The highest BCUT2D eigenvalue weighted by Gasteiger charge is 2.34. The number of carbonyl (C=O) groups excluding carboxylic acids is 1. The Morgan fingerprint density at radius 1 is 1.71 bits per heavy atom. The van der Waals surface area contributed by atoms with Gasteiger partial charge in [-0.1, -0.05) is 13.8 Å². The lowest BCUT2D eigenvalue weighted by Gasteiger charge is -2.31. The number of carbonyl (C=O) groups is 1. The summed E-state index contributed by atoms with van der Waals surface area (Å²) in [5.74, 6) is -3.10. The smallest absolute Gasteiger partial charge is 0.270 e. The maximum Gasteiger partial charge on any atom is 0.270 e. The summed E-state index contributed by atoms with van der Waals surface area (Å²) in [6.07, 6.45) is 1.10. The van der Waals surface area contributed by atoms with Gasteiger partial charge >= 0.3 is 0 Å². The van der Waals surface area contributed by atoms with Gasteiger partial charge in [0.1, 0.15) is 0 Å². The first-order chi connectivity index (χ1) is 6.37. The molecule has 1 aliphatic rings. The number of nitrogens with two attached hydrogens (primary N) is 1. The largest absolute Gasteiger partial charge is 0.504 e. The van der Waals surface area contributed by atoms with Crippen LogP contribution in [0, 0.1) is 5.92 Å². The van der Waals surface area contributed by atoms with Crippen molar-refractivity contribution in [1.82, 2.24) is 5.32 Å². The quantitative estimate of drug-likeness (QED) is 0.467. The molecule has 5 N–H and O–H groups in total. The third-order valence-corrected chi connectivity index (χ3v) is 1.98. The summed E-state index contributed by atoms with van der Waals surface area (Å²) < 4.78 is 0. The van der Waals surface area contributed by atoms with Gasteiger partial charge in [0, 0.05) is 12.1 Å². The van der Waals surface area contributed by atoms with Crippen LogP contribution in [0.5, 0.6) is 0 Å². The average molecular weight is 199 g/mol. The van der Waals surface area contributed by atoms with Gasteiger partial charge in [0.05, 0.1) is 0 Å². The summed E-state index contributed by atoms with van der Waals surface area (Å²) in [6, 6.07) is 0. The van der Waals surface area contributed by atoms with E-state index in [2.05, 4.69) is 10.3 Å². The predicted octanol–water partition coefficient (Wildman–Crippen LogP) is -0.783. The lowest BCUT2D eigenvalue weighted by Crippen LogP contribution is -2.50. The Hall–Kier alpha value is -1.56. The first kappa shape index (κ1) is 10.5. The molecule has 1 rings (SSSR count). The van der Waals surface area contributed by atoms with E-state index in [1.807, 2.05) is 0 Å². The molecule has 1 unspecified atom stereocenters. The Bertz CT molecular complexity index is 322. The van der Waals surface area contributed by atoms with Gasteiger partial charge in [0.25, 0.3) is 5.91 Å². The lowest BCUT2D eigenvalue weighted by molar-refractivity contribution is -0.112. The van der Waals surface area contributed by atoms with E-state index in [4.69, 9.17) is 5.73 Å². The third kappa shape index (κ3) is 1.69. The van der Waals surface area contributed by atoms with Crippen molar-refractivity contribution in [2.24, 2.45) is 16.6 Å². The SMILES string of the molecule is CC(C)C1(O)N=C(C(N)=O)C(O)=CN1. The van der Waals surface area contributed by atoms with Crippen molar-refractivity contribution in [3.63, 3.8) is 0 Å². The Labute approximate surface area is 81.1 Å². The number of primary amides is 1. The summed E-state index contributed by atoms with van der Waals surface area (Å²) in [5, 5.41) is 21.5. The second kappa shape index (κ2) is 3.30. The van der Waals surface area contributed by atoms with Crippen molar-refractivity contribution in [3.05, 3.63) is 12.0 Å². The normalized spacial score (nSPS) is 26.6. The first-order valence-corrected chi connectivity index (χ1v) is 4.16. The molecule has 0 bridgehead atoms. The van der Waals surface area contributed by atoms with E-state index in [-0.39, 0.29) is 17.4 Å². The van der Waals surface area contributed by atoms with Gasteiger partial charge in [0.2, 0.25) is 5.85 Å². The maximum absolute atomic E-state index is 10.8. The highest BCUT2D eigenvalue weighted by atomic mass is 16.3. The summed E-state index contributed by atoms with van der Waals surface area (Å²) in [6.45, 7) is 3.43. The van der Waals surface area contributed by atoms with Crippen LogP contribution < -0.4 is 11.1 Å². The van der Waals surface area contributed by atoms with Gasteiger partial charge in [-0.05, 0) is 0 Å². The fourth-order valence-electron chi connectivity index (χ4n) is 0.980. The van der Waals surface area contributed by atoms with Crippen molar-refractivity contribution >= 4 is 11.6 Å². The van der Waals surface area contributed by atoms with Crippen LogP contribution in [0.3, 0.4) is 0 Å². The summed E-state index contributed by atoms with van der Waals surface area (Å²) >= 11 is 0. The van der Waals surface area contributed by atoms with Crippen LogP contribution in [0.15, 0.2) is 17.0 Å². The number of hydrogen-bond acceptors (Lipinski definition) is 5. The first-order valence-electron chi connectivity index (χ1n) is 4.16.